The number of benzene rings is 2. The summed E-state index contributed by atoms with van der Waals surface area (Å²) in [7, 11) is 1.61. The Hall–Kier alpha value is -3.93. The maximum Gasteiger partial charge on any atom is 0.226 e. The molecule has 2 aromatic heterocycles. The van der Waals surface area contributed by atoms with Crippen LogP contribution in [0.15, 0.2) is 77.5 Å². The Kier molecular flexibility index (Phi) is 7.15. The molecule has 168 valence electrons. The summed E-state index contributed by atoms with van der Waals surface area (Å²) in [5.74, 6) is 1.75. The molecule has 0 fully saturated rings. The van der Waals surface area contributed by atoms with E-state index in [9.17, 15) is 4.79 Å². The molecule has 0 saturated carbocycles. The molecule has 0 N–H and O–H groups in total. The molecule has 33 heavy (non-hydrogen) atoms. The third kappa shape index (κ3) is 5.66. The number of aromatic nitrogens is 2. The number of pyridine rings is 1. The number of hydrogen-bond donors (Lipinski definition) is 0. The first-order valence-corrected chi connectivity index (χ1v) is 10.9. The summed E-state index contributed by atoms with van der Waals surface area (Å²) in [6.45, 7) is 2.41. The van der Waals surface area contributed by atoms with E-state index in [1.165, 1.54) is 5.56 Å². The van der Waals surface area contributed by atoms with E-state index in [0.717, 1.165) is 17.5 Å². The lowest BCUT2D eigenvalue weighted by Gasteiger charge is -2.11. The van der Waals surface area contributed by atoms with Crippen molar-refractivity contribution in [2.24, 2.45) is 0 Å². The van der Waals surface area contributed by atoms with E-state index >= 15 is 0 Å². The Balaban J connectivity index is 1.41. The molecule has 2 heterocycles. The van der Waals surface area contributed by atoms with Crippen LogP contribution in [-0.2, 0) is 12.8 Å². The third-order valence-corrected chi connectivity index (χ3v) is 5.34. The Labute approximate surface area is 193 Å². The highest BCUT2D eigenvalue weighted by Crippen LogP contribution is 2.32. The van der Waals surface area contributed by atoms with Crippen molar-refractivity contribution in [2.45, 2.75) is 26.2 Å². The normalized spacial score (nSPS) is 10.7. The second-order valence-electron chi connectivity index (χ2n) is 7.69. The van der Waals surface area contributed by atoms with Gasteiger partial charge in [-0.25, -0.2) is 4.98 Å². The summed E-state index contributed by atoms with van der Waals surface area (Å²) in [6, 6.07) is 19.5. The van der Waals surface area contributed by atoms with Crippen LogP contribution < -0.4 is 9.47 Å². The van der Waals surface area contributed by atoms with Crippen LogP contribution in [-0.4, -0.2) is 29.5 Å². The molecule has 0 aliphatic carbocycles. The number of nitrogens with zero attached hydrogens (tertiary/aromatic N) is 2. The van der Waals surface area contributed by atoms with E-state index in [-0.39, 0.29) is 5.78 Å². The zero-order valence-corrected chi connectivity index (χ0v) is 18.8. The minimum Gasteiger partial charge on any atom is -0.493 e. The number of aryl methyl sites for hydroxylation is 2. The zero-order chi connectivity index (χ0) is 23.0. The van der Waals surface area contributed by atoms with E-state index in [0.29, 0.717) is 48.2 Å². The molecule has 0 atom stereocenters. The highest BCUT2D eigenvalue weighted by atomic mass is 16.5. The fraction of sp³-hybridized carbons (Fsp3) is 0.222. The Bertz CT molecular complexity index is 1220. The molecule has 0 unspecified atom stereocenters. The molecular formula is C27H26N2O4. The van der Waals surface area contributed by atoms with E-state index in [4.69, 9.17) is 13.9 Å². The van der Waals surface area contributed by atoms with Crippen molar-refractivity contribution in [1.29, 1.82) is 0 Å². The molecule has 6 nitrogen and oxygen atoms in total. The monoisotopic (exact) mass is 442 g/mol. The number of ether oxygens (including phenoxy) is 2. The van der Waals surface area contributed by atoms with Crippen LogP contribution in [0.25, 0.3) is 11.5 Å². The van der Waals surface area contributed by atoms with Crippen molar-refractivity contribution in [2.75, 3.05) is 13.7 Å². The largest absolute Gasteiger partial charge is 0.493 e. The lowest BCUT2D eigenvalue weighted by atomic mass is 10.1. The quantitative estimate of drug-likeness (QED) is 0.302. The van der Waals surface area contributed by atoms with Crippen molar-refractivity contribution in [3.8, 4) is 23.0 Å². The van der Waals surface area contributed by atoms with Crippen molar-refractivity contribution >= 4 is 5.78 Å². The minimum absolute atomic E-state index is 0.00352. The summed E-state index contributed by atoms with van der Waals surface area (Å²) < 4.78 is 17.1. The van der Waals surface area contributed by atoms with Gasteiger partial charge in [0.2, 0.25) is 5.89 Å². The van der Waals surface area contributed by atoms with Gasteiger partial charge in [0.05, 0.1) is 19.4 Å². The smallest absolute Gasteiger partial charge is 0.226 e. The second kappa shape index (κ2) is 10.6. The fourth-order valence-corrected chi connectivity index (χ4v) is 3.54. The molecule has 2 aromatic carbocycles. The van der Waals surface area contributed by atoms with Crippen LogP contribution in [0.4, 0.5) is 0 Å². The van der Waals surface area contributed by atoms with Gasteiger partial charge in [-0.1, -0.05) is 36.4 Å². The average molecular weight is 443 g/mol. The highest BCUT2D eigenvalue weighted by molar-refractivity contribution is 5.95. The summed E-state index contributed by atoms with van der Waals surface area (Å²) >= 11 is 0. The number of carbonyl (C=O) groups excluding carboxylic acids is 1. The van der Waals surface area contributed by atoms with E-state index in [1.54, 1.807) is 19.6 Å². The van der Waals surface area contributed by atoms with Gasteiger partial charge in [0.25, 0.3) is 0 Å². The number of hydrogen-bond acceptors (Lipinski definition) is 6. The van der Waals surface area contributed by atoms with Crippen LogP contribution in [0.5, 0.6) is 11.5 Å². The predicted molar refractivity (Wildman–Crippen MR) is 126 cm³/mol. The summed E-state index contributed by atoms with van der Waals surface area (Å²) in [5, 5.41) is 0. The van der Waals surface area contributed by atoms with Gasteiger partial charge in [-0.05, 0) is 42.3 Å². The van der Waals surface area contributed by atoms with Gasteiger partial charge in [-0.15, -0.1) is 0 Å². The number of rotatable bonds is 10. The lowest BCUT2D eigenvalue weighted by Crippen LogP contribution is -2.06. The van der Waals surface area contributed by atoms with Crippen molar-refractivity contribution in [3.05, 3.63) is 95.6 Å². The third-order valence-electron chi connectivity index (χ3n) is 5.34. The molecular weight excluding hydrogens is 416 g/mol. The number of carbonyl (C=O) groups is 1. The first-order chi connectivity index (χ1) is 16.1. The maximum atomic E-state index is 12.5. The molecule has 0 aliphatic rings. The van der Waals surface area contributed by atoms with Gasteiger partial charge in [-0.3, -0.25) is 9.78 Å². The van der Waals surface area contributed by atoms with E-state index in [2.05, 4.69) is 22.1 Å². The Morgan fingerprint density at radius 1 is 1.00 bits per heavy atom. The van der Waals surface area contributed by atoms with E-state index in [1.807, 2.05) is 55.5 Å². The average Bonchev–Trinajstić information content (AvgIpc) is 3.32. The Morgan fingerprint density at radius 3 is 2.64 bits per heavy atom. The summed E-state index contributed by atoms with van der Waals surface area (Å²) in [5.41, 5.74) is 4.09. The standard InChI is InChI=1S/C27H26N2O4/c1-19-7-6-15-28-26(19)23(30)12-11-22-18-33-27(29-22)21-10-13-24(31-2)25(17-21)32-16-14-20-8-4-3-5-9-20/h3-10,13,15,17-18H,11-12,14,16H2,1-2H3. The number of methoxy groups -OCH3 is 1. The number of ketones is 1. The highest BCUT2D eigenvalue weighted by Gasteiger charge is 2.14. The molecule has 0 saturated heterocycles. The van der Waals surface area contributed by atoms with Crippen LogP contribution in [0.1, 0.15) is 33.7 Å². The van der Waals surface area contributed by atoms with Crippen LogP contribution in [0, 0.1) is 6.92 Å². The van der Waals surface area contributed by atoms with Gasteiger partial charge in [0, 0.05) is 31.0 Å². The van der Waals surface area contributed by atoms with Gasteiger partial charge in [0.15, 0.2) is 17.3 Å². The zero-order valence-electron chi connectivity index (χ0n) is 18.8. The molecule has 4 rings (SSSR count). The molecule has 0 aliphatic heterocycles. The predicted octanol–water partition coefficient (Wildman–Crippen LogP) is 5.49. The van der Waals surface area contributed by atoms with Crippen molar-refractivity contribution in [1.82, 2.24) is 9.97 Å². The van der Waals surface area contributed by atoms with Gasteiger partial charge in [-0.2, -0.15) is 0 Å². The summed E-state index contributed by atoms with van der Waals surface area (Å²) in [4.78, 5) is 21.2. The molecule has 0 bridgehead atoms. The lowest BCUT2D eigenvalue weighted by molar-refractivity contribution is 0.0977. The maximum absolute atomic E-state index is 12.5. The van der Waals surface area contributed by atoms with Crippen LogP contribution >= 0.6 is 0 Å². The van der Waals surface area contributed by atoms with Crippen LogP contribution in [0.2, 0.25) is 0 Å². The topological polar surface area (TPSA) is 74.5 Å². The van der Waals surface area contributed by atoms with Crippen LogP contribution in [0.3, 0.4) is 0 Å². The second-order valence-corrected chi connectivity index (χ2v) is 7.69. The molecule has 6 heteroatoms. The van der Waals surface area contributed by atoms with Gasteiger partial charge < -0.3 is 13.9 Å². The molecule has 0 amide bonds. The first kappa shape index (κ1) is 22.3. The van der Waals surface area contributed by atoms with Gasteiger partial charge in [0.1, 0.15) is 12.0 Å². The van der Waals surface area contributed by atoms with Crippen molar-refractivity contribution in [3.63, 3.8) is 0 Å². The number of Topliss-reactive ketones (excluding diaryl/α,β-unsaturated/α-hetero) is 1. The van der Waals surface area contributed by atoms with Gasteiger partial charge >= 0.3 is 0 Å². The summed E-state index contributed by atoms with van der Waals surface area (Å²) in [6.07, 6.45) is 4.82. The minimum atomic E-state index is -0.00352. The molecule has 4 aromatic rings. The first-order valence-electron chi connectivity index (χ1n) is 10.9. The van der Waals surface area contributed by atoms with Crippen molar-refractivity contribution < 1.29 is 18.7 Å². The molecule has 0 spiro atoms. The fourth-order valence-electron chi connectivity index (χ4n) is 3.54. The number of oxazole rings is 1. The Morgan fingerprint density at radius 2 is 1.85 bits per heavy atom. The SMILES string of the molecule is COc1ccc(-c2nc(CCC(=O)c3ncccc3C)co2)cc1OCCc1ccccc1. The molecule has 0 radical (unpaired) electrons. The van der Waals surface area contributed by atoms with E-state index < -0.39 is 0 Å².